The van der Waals surface area contributed by atoms with Crippen molar-refractivity contribution in [3.63, 3.8) is 0 Å². The van der Waals surface area contributed by atoms with Gasteiger partial charge in [-0.15, -0.1) is 0 Å². The van der Waals surface area contributed by atoms with E-state index in [0.717, 1.165) is 6.26 Å². The number of benzene rings is 2. The Morgan fingerprint density at radius 1 is 1.26 bits per heavy atom. The minimum absolute atomic E-state index is 0.0106. The first-order valence-corrected chi connectivity index (χ1v) is 13.1. The molecule has 4 rings (SSSR count). The maximum absolute atomic E-state index is 13.5. The van der Waals surface area contributed by atoms with Crippen molar-refractivity contribution < 1.29 is 27.5 Å². The van der Waals surface area contributed by atoms with Crippen LogP contribution in [-0.4, -0.2) is 62.5 Å². The average Bonchev–Trinajstić information content (AvgIpc) is 2.97. The van der Waals surface area contributed by atoms with E-state index >= 15 is 0 Å². The van der Waals surface area contributed by atoms with Crippen LogP contribution in [0.4, 0.5) is 0 Å². The van der Waals surface area contributed by atoms with Crippen LogP contribution < -0.4 is 5.73 Å². The average molecular weight is 505 g/mol. The number of piperidine rings is 1. The minimum atomic E-state index is -3.40. The van der Waals surface area contributed by atoms with Crippen molar-refractivity contribution in [2.75, 3.05) is 25.9 Å². The number of sulfone groups is 1. The summed E-state index contributed by atoms with van der Waals surface area (Å²) in [6.07, 6.45) is 2.10. The van der Waals surface area contributed by atoms with Crippen molar-refractivity contribution in [2.45, 2.75) is 36.2 Å². The van der Waals surface area contributed by atoms with Crippen LogP contribution in [0.2, 0.25) is 5.02 Å². The number of Topliss-reactive ketones (excluding diaryl/α,β-unsaturated/α-hetero) is 1. The van der Waals surface area contributed by atoms with E-state index in [0.29, 0.717) is 41.6 Å². The number of ketones is 1. The molecule has 0 aliphatic carbocycles. The molecular weight excluding hydrogens is 480 g/mol. The summed E-state index contributed by atoms with van der Waals surface area (Å²) >= 11 is 6.56. The van der Waals surface area contributed by atoms with Crippen LogP contribution >= 0.6 is 11.6 Å². The number of esters is 1. The van der Waals surface area contributed by atoms with Crippen LogP contribution in [0.15, 0.2) is 41.3 Å². The fourth-order valence-electron chi connectivity index (χ4n) is 4.81. The van der Waals surface area contributed by atoms with Gasteiger partial charge < -0.3 is 10.5 Å². The zero-order valence-corrected chi connectivity index (χ0v) is 20.4. The predicted octanol–water partition coefficient (Wildman–Crippen LogP) is 2.25. The highest BCUT2D eigenvalue weighted by atomic mass is 35.5. The lowest BCUT2D eigenvalue weighted by Crippen LogP contribution is -2.54. The molecule has 1 spiro atoms. The number of aryl methyl sites for hydroxylation is 1. The van der Waals surface area contributed by atoms with Crippen LogP contribution in [-0.2, 0) is 29.0 Å². The van der Waals surface area contributed by atoms with Gasteiger partial charge in [-0.2, -0.15) is 0 Å². The number of rotatable bonds is 5. The standard InChI is InChI=1S/C24H25ClN2O6S/c1-14-9-18(15-5-3-6-16(10-15)34(2,31)32)19(25)11-17(14)21-22(29)24(33-23(21)30)7-4-8-27(13-24)12-20(26)28/h3,5-6,9-11,21H,4,7-8,12-13H2,1-2H3,(H2,26,28). The normalized spacial score (nSPS) is 23.3. The zero-order valence-electron chi connectivity index (χ0n) is 18.8. The van der Waals surface area contributed by atoms with Gasteiger partial charge in [0.1, 0.15) is 5.92 Å². The van der Waals surface area contributed by atoms with Crippen molar-refractivity contribution >= 4 is 39.1 Å². The van der Waals surface area contributed by atoms with Gasteiger partial charge in [-0.25, -0.2) is 8.42 Å². The third kappa shape index (κ3) is 4.47. The fraction of sp³-hybridized carbons (Fsp3) is 0.375. The first-order valence-electron chi connectivity index (χ1n) is 10.8. The molecule has 2 fully saturated rings. The molecule has 2 aliphatic rings. The molecule has 2 aliphatic heterocycles. The van der Waals surface area contributed by atoms with E-state index in [-0.39, 0.29) is 28.8 Å². The first kappa shape index (κ1) is 24.4. The van der Waals surface area contributed by atoms with Crippen molar-refractivity contribution in [1.82, 2.24) is 4.90 Å². The summed E-state index contributed by atoms with van der Waals surface area (Å²) in [6, 6.07) is 9.74. The summed E-state index contributed by atoms with van der Waals surface area (Å²) in [5.74, 6) is -2.62. The van der Waals surface area contributed by atoms with Gasteiger partial charge in [-0.1, -0.05) is 23.7 Å². The van der Waals surface area contributed by atoms with Crippen molar-refractivity contribution in [3.05, 3.63) is 52.5 Å². The highest BCUT2D eigenvalue weighted by Gasteiger charge is 2.57. The lowest BCUT2D eigenvalue weighted by molar-refractivity contribution is -0.157. The van der Waals surface area contributed by atoms with Gasteiger partial charge in [-0.05, 0) is 67.3 Å². The molecule has 2 heterocycles. The zero-order chi connectivity index (χ0) is 24.8. The van der Waals surface area contributed by atoms with Crippen LogP contribution in [0, 0.1) is 6.92 Å². The van der Waals surface area contributed by atoms with E-state index in [4.69, 9.17) is 22.1 Å². The molecule has 2 N–H and O–H groups in total. The van der Waals surface area contributed by atoms with Crippen molar-refractivity contribution in [1.29, 1.82) is 0 Å². The molecule has 2 unspecified atom stereocenters. The third-order valence-corrected chi connectivity index (χ3v) is 7.82. The van der Waals surface area contributed by atoms with Gasteiger partial charge >= 0.3 is 5.97 Å². The quantitative estimate of drug-likeness (QED) is 0.489. The van der Waals surface area contributed by atoms with Crippen LogP contribution in [0.25, 0.3) is 11.1 Å². The van der Waals surface area contributed by atoms with Crippen molar-refractivity contribution in [3.8, 4) is 11.1 Å². The fourth-order valence-corrected chi connectivity index (χ4v) is 5.76. The number of primary amides is 1. The molecule has 2 saturated heterocycles. The molecule has 1 amide bonds. The molecule has 180 valence electrons. The molecule has 2 aromatic carbocycles. The summed E-state index contributed by atoms with van der Waals surface area (Å²) < 4.78 is 29.5. The third-order valence-electron chi connectivity index (χ3n) is 6.40. The highest BCUT2D eigenvalue weighted by Crippen LogP contribution is 2.42. The molecule has 0 saturated carbocycles. The Kier molecular flexibility index (Phi) is 6.30. The number of carbonyl (C=O) groups is 3. The van der Waals surface area contributed by atoms with Crippen LogP contribution in [0.1, 0.15) is 29.9 Å². The Bertz CT molecular complexity index is 1310. The number of nitrogens with zero attached hydrogens (tertiary/aromatic N) is 1. The lowest BCUT2D eigenvalue weighted by atomic mass is 9.81. The number of likely N-dealkylation sites (tertiary alicyclic amines) is 1. The maximum Gasteiger partial charge on any atom is 0.322 e. The Labute approximate surface area is 202 Å². The second-order valence-corrected chi connectivity index (χ2v) is 11.4. The SMILES string of the molecule is Cc1cc(-c2cccc(S(C)(=O)=O)c2)c(Cl)cc1C1C(=O)OC2(CCCN(CC(N)=O)C2)C1=O. The molecule has 2 aromatic rings. The van der Waals surface area contributed by atoms with E-state index < -0.39 is 33.2 Å². The Balaban J connectivity index is 1.68. The van der Waals surface area contributed by atoms with E-state index in [1.54, 1.807) is 36.1 Å². The van der Waals surface area contributed by atoms with Gasteiger partial charge in [0, 0.05) is 23.4 Å². The van der Waals surface area contributed by atoms with Gasteiger partial charge in [0.25, 0.3) is 0 Å². The van der Waals surface area contributed by atoms with Crippen LogP contribution in [0.3, 0.4) is 0 Å². The van der Waals surface area contributed by atoms with Crippen molar-refractivity contribution in [2.24, 2.45) is 5.73 Å². The summed E-state index contributed by atoms with van der Waals surface area (Å²) in [7, 11) is -3.40. The number of nitrogens with two attached hydrogens (primary N) is 1. The number of hydrogen-bond acceptors (Lipinski definition) is 7. The molecule has 0 radical (unpaired) electrons. The number of carbonyl (C=O) groups excluding carboxylic acids is 3. The smallest absolute Gasteiger partial charge is 0.322 e. The van der Waals surface area contributed by atoms with Gasteiger partial charge in [0.15, 0.2) is 21.2 Å². The number of hydrogen-bond donors (Lipinski definition) is 1. The summed E-state index contributed by atoms with van der Waals surface area (Å²) in [4.78, 5) is 39.6. The van der Waals surface area contributed by atoms with Gasteiger partial charge in [0.2, 0.25) is 5.91 Å². The number of ether oxygens (including phenoxy) is 1. The second-order valence-electron chi connectivity index (χ2n) is 8.98. The Morgan fingerprint density at radius 2 is 2.00 bits per heavy atom. The highest BCUT2D eigenvalue weighted by molar-refractivity contribution is 7.90. The molecule has 0 aromatic heterocycles. The summed E-state index contributed by atoms with van der Waals surface area (Å²) in [5.41, 5.74) is 6.29. The topological polar surface area (TPSA) is 124 Å². The van der Waals surface area contributed by atoms with Crippen LogP contribution in [0.5, 0.6) is 0 Å². The predicted molar refractivity (Wildman–Crippen MR) is 126 cm³/mol. The lowest BCUT2D eigenvalue weighted by Gasteiger charge is -2.37. The van der Waals surface area contributed by atoms with E-state index in [1.807, 2.05) is 0 Å². The summed E-state index contributed by atoms with van der Waals surface area (Å²) in [6.45, 7) is 2.47. The van der Waals surface area contributed by atoms with E-state index in [9.17, 15) is 22.8 Å². The molecule has 2 atom stereocenters. The largest absolute Gasteiger partial charge is 0.449 e. The van der Waals surface area contributed by atoms with Gasteiger partial charge in [-0.3, -0.25) is 19.3 Å². The maximum atomic E-state index is 13.5. The second kappa shape index (κ2) is 8.79. The summed E-state index contributed by atoms with van der Waals surface area (Å²) in [5, 5.41) is 0.284. The van der Waals surface area contributed by atoms with E-state index in [2.05, 4.69) is 0 Å². The monoisotopic (exact) mass is 504 g/mol. The molecule has 8 nitrogen and oxygen atoms in total. The Morgan fingerprint density at radius 3 is 2.68 bits per heavy atom. The first-order chi connectivity index (χ1) is 15.9. The molecule has 10 heteroatoms. The number of amides is 1. The molecular formula is C24H25ClN2O6S. The minimum Gasteiger partial charge on any atom is -0.449 e. The van der Waals surface area contributed by atoms with Gasteiger partial charge in [0.05, 0.1) is 11.4 Å². The molecule has 34 heavy (non-hydrogen) atoms. The van der Waals surface area contributed by atoms with E-state index in [1.165, 1.54) is 12.1 Å². The number of halogens is 1. The Hall–Kier alpha value is -2.75. The molecule has 0 bridgehead atoms.